The monoisotopic (exact) mass is 258 g/mol. The van der Waals surface area contributed by atoms with Crippen LogP contribution in [0.5, 0.6) is 0 Å². The molecule has 0 saturated heterocycles. The minimum Gasteiger partial charge on any atom is -0.394 e. The zero-order valence-electron chi connectivity index (χ0n) is 10.6. The van der Waals surface area contributed by atoms with Gasteiger partial charge in [-0.3, -0.25) is 10.1 Å². The van der Waals surface area contributed by atoms with Gasteiger partial charge in [0.1, 0.15) is 5.69 Å². The van der Waals surface area contributed by atoms with Crippen LogP contribution in [0.2, 0.25) is 0 Å². The molecule has 0 unspecified atom stereocenters. The quantitative estimate of drug-likeness (QED) is 0.504. The summed E-state index contributed by atoms with van der Waals surface area (Å²) in [5, 5.41) is 35.9. The van der Waals surface area contributed by atoms with E-state index in [2.05, 4.69) is 10.4 Å². The summed E-state index contributed by atoms with van der Waals surface area (Å²) in [5.41, 5.74) is 0.168. The summed E-state index contributed by atoms with van der Waals surface area (Å²) in [6.45, 7) is 4.59. The van der Waals surface area contributed by atoms with Gasteiger partial charge in [-0.05, 0) is 20.8 Å². The van der Waals surface area contributed by atoms with Crippen LogP contribution in [0, 0.1) is 17.0 Å². The largest absolute Gasteiger partial charge is 0.394 e. The second-order valence-corrected chi connectivity index (χ2v) is 4.28. The van der Waals surface area contributed by atoms with Gasteiger partial charge in [0.2, 0.25) is 5.82 Å². The van der Waals surface area contributed by atoms with E-state index in [0.29, 0.717) is 5.69 Å². The van der Waals surface area contributed by atoms with Gasteiger partial charge in [0.05, 0.1) is 24.2 Å². The zero-order valence-corrected chi connectivity index (χ0v) is 10.6. The van der Waals surface area contributed by atoms with Crippen LogP contribution in [0.3, 0.4) is 0 Å². The molecule has 8 heteroatoms. The Morgan fingerprint density at radius 3 is 2.39 bits per heavy atom. The first kappa shape index (κ1) is 14.4. The number of anilines is 1. The second kappa shape index (κ2) is 5.78. The standard InChI is InChI=1S/C10H18N4O4/c1-6(2)13-10(11-8(4-15)5-16)9(14(17)18)7(3)12-13/h6,8,11,15-16H,4-5H2,1-3H3. The van der Waals surface area contributed by atoms with E-state index >= 15 is 0 Å². The van der Waals surface area contributed by atoms with Crippen LogP contribution in [-0.2, 0) is 0 Å². The normalized spacial score (nSPS) is 11.3. The lowest BCUT2D eigenvalue weighted by Gasteiger charge is -2.17. The Kier molecular flexibility index (Phi) is 4.62. The molecule has 1 heterocycles. The van der Waals surface area contributed by atoms with Crippen molar-refractivity contribution in [2.24, 2.45) is 0 Å². The molecule has 1 rings (SSSR count). The topological polar surface area (TPSA) is 113 Å². The molecule has 18 heavy (non-hydrogen) atoms. The smallest absolute Gasteiger partial charge is 0.333 e. The summed E-state index contributed by atoms with van der Waals surface area (Å²) >= 11 is 0. The van der Waals surface area contributed by atoms with Crippen LogP contribution in [0.4, 0.5) is 11.5 Å². The van der Waals surface area contributed by atoms with Gasteiger partial charge in [0.15, 0.2) is 0 Å². The molecule has 1 aromatic heterocycles. The third kappa shape index (κ3) is 2.77. The number of nitro groups is 1. The molecular weight excluding hydrogens is 240 g/mol. The van der Waals surface area contributed by atoms with E-state index in [1.54, 1.807) is 6.92 Å². The average molecular weight is 258 g/mol. The van der Waals surface area contributed by atoms with Crippen molar-refractivity contribution in [2.45, 2.75) is 32.9 Å². The lowest BCUT2D eigenvalue weighted by molar-refractivity contribution is -0.384. The Hall–Kier alpha value is -1.67. The number of rotatable bonds is 6. The van der Waals surface area contributed by atoms with E-state index in [1.165, 1.54) is 4.68 Å². The van der Waals surface area contributed by atoms with Crippen molar-refractivity contribution >= 4 is 11.5 Å². The van der Waals surface area contributed by atoms with Crippen molar-refractivity contribution in [1.82, 2.24) is 9.78 Å². The predicted octanol–water partition coefficient (Wildman–Crippen LogP) is 0.446. The van der Waals surface area contributed by atoms with Gasteiger partial charge in [-0.25, -0.2) is 4.68 Å². The fraction of sp³-hybridized carbons (Fsp3) is 0.700. The first-order valence-corrected chi connectivity index (χ1v) is 5.64. The molecule has 0 aliphatic rings. The summed E-state index contributed by atoms with van der Waals surface area (Å²) in [7, 11) is 0. The highest BCUT2D eigenvalue weighted by Crippen LogP contribution is 2.30. The molecule has 0 amide bonds. The third-order valence-corrected chi connectivity index (χ3v) is 2.51. The minimum atomic E-state index is -0.655. The molecular formula is C10H18N4O4. The Bertz CT molecular complexity index is 426. The molecule has 0 aromatic carbocycles. The first-order chi connectivity index (χ1) is 8.42. The molecule has 0 saturated carbocycles. The van der Waals surface area contributed by atoms with Gasteiger partial charge < -0.3 is 15.5 Å². The number of hydrogen-bond acceptors (Lipinski definition) is 6. The average Bonchev–Trinajstić information content (AvgIpc) is 2.63. The lowest BCUT2D eigenvalue weighted by Crippen LogP contribution is -2.29. The molecule has 8 nitrogen and oxygen atoms in total. The maximum atomic E-state index is 11.0. The highest BCUT2D eigenvalue weighted by molar-refractivity contribution is 5.60. The highest BCUT2D eigenvalue weighted by atomic mass is 16.6. The van der Waals surface area contributed by atoms with E-state index < -0.39 is 11.0 Å². The van der Waals surface area contributed by atoms with Gasteiger partial charge in [-0.1, -0.05) is 0 Å². The first-order valence-electron chi connectivity index (χ1n) is 5.64. The van der Waals surface area contributed by atoms with Gasteiger partial charge in [0.25, 0.3) is 0 Å². The zero-order chi connectivity index (χ0) is 13.9. The number of nitrogens with one attached hydrogen (secondary N) is 1. The molecule has 0 radical (unpaired) electrons. The Labute approximate surface area is 104 Å². The van der Waals surface area contributed by atoms with Crippen molar-refractivity contribution < 1.29 is 15.1 Å². The second-order valence-electron chi connectivity index (χ2n) is 4.28. The summed E-state index contributed by atoms with van der Waals surface area (Å²) in [5.74, 6) is 0.209. The maximum Gasteiger partial charge on any atom is 0.333 e. The molecule has 0 aliphatic heterocycles. The van der Waals surface area contributed by atoms with E-state index in [4.69, 9.17) is 10.2 Å². The molecule has 1 aromatic rings. The van der Waals surface area contributed by atoms with Gasteiger partial charge in [-0.2, -0.15) is 5.10 Å². The molecule has 0 fully saturated rings. The number of aliphatic hydroxyl groups is 2. The van der Waals surface area contributed by atoms with E-state index in [0.717, 1.165) is 0 Å². The number of aliphatic hydroxyl groups excluding tert-OH is 2. The van der Waals surface area contributed by atoms with Crippen LogP contribution >= 0.6 is 0 Å². The van der Waals surface area contributed by atoms with Crippen molar-refractivity contribution in [2.75, 3.05) is 18.5 Å². The lowest BCUT2D eigenvalue weighted by atomic mass is 10.3. The number of aromatic nitrogens is 2. The van der Waals surface area contributed by atoms with Crippen LogP contribution in [0.15, 0.2) is 0 Å². The van der Waals surface area contributed by atoms with Crippen molar-refractivity contribution in [3.05, 3.63) is 15.8 Å². The summed E-state index contributed by atoms with van der Waals surface area (Å²) in [6, 6.07) is -0.727. The number of nitrogens with zero attached hydrogens (tertiary/aromatic N) is 3. The van der Waals surface area contributed by atoms with E-state index in [-0.39, 0.29) is 30.8 Å². The van der Waals surface area contributed by atoms with Crippen LogP contribution in [0.25, 0.3) is 0 Å². The SMILES string of the molecule is Cc1nn(C(C)C)c(NC(CO)CO)c1[N+](=O)[O-]. The minimum absolute atomic E-state index is 0.0714. The van der Waals surface area contributed by atoms with Crippen molar-refractivity contribution in [1.29, 1.82) is 0 Å². The summed E-state index contributed by atoms with van der Waals surface area (Å²) < 4.78 is 1.48. The fourth-order valence-corrected chi connectivity index (χ4v) is 1.61. The van der Waals surface area contributed by atoms with E-state index in [9.17, 15) is 10.1 Å². The number of aryl methyl sites for hydroxylation is 1. The molecule has 0 spiro atoms. The Morgan fingerprint density at radius 1 is 1.44 bits per heavy atom. The van der Waals surface area contributed by atoms with Crippen LogP contribution < -0.4 is 5.32 Å². The maximum absolute atomic E-state index is 11.0. The Balaban J connectivity index is 3.23. The fourth-order valence-electron chi connectivity index (χ4n) is 1.61. The highest BCUT2D eigenvalue weighted by Gasteiger charge is 2.27. The van der Waals surface area contributed by atoms with Gasteiger partial charge in [-0.15, -0.1) is 0 Å². The molecule has 102 valence electrons. The number of hydrogen-bond donors (Lipinski definition) is 3. The summed E-state index contributed by atoms with van der Waals surface area (Å²) in [4.78, 5) is 10.5. The van der Waals surface area contributed by atoms with E-state index in [1.807, 2.05) is 13.8 Å². The van der Waals surface area contributed by atoms with Gasteiger partial charge >= 0.3 is 5.69 Å². The van der Waals surface area contributed by atoms with Crippen LogP contribution in [-0.4, -0.2) is 44.2 Å². The van der Waals surface area contributed by atoms with Crippen molar-refractivity contribution in [3.8, 4) is 0 Å². The molecule has 0 bridgehead atoms. The molecule has 0 aliphatic carbocycles. The molecule has 3 N–H and O–H groups in total. The van der Waals surface area contributed by atoms with Gasteiger partial charge in [0, 0.05) is 6.04 Å². The molecule has 0 atom stereocenters. The summed E-state index contributed by atoms with van der Waals surface area (Å²) in [6.07, 6.45) is 0. The Morgan fingerprint density at radius 2 is 2.00 bits per heavy atom. The van der Waals surface area contributed by atoms with Crippen LogP contribution in [0.1, 0.15) is 25.6 Å². The predicted molar refractivity (Wildman–Crippen MR) is 65.6 cm³/mol. The van der Waals surface area contributed by atoms with Crippen molar-refractivity contribution in [3.63, 3.8) is 0 Å². The third-order valence-electron chi connectivity index (χ3n) is 2.51.